The van der Waals surface area contributed by atoms with E-state index < -0.39 is 0 Å². The number of ether oxygens (including phenoxy) is 1. The predicted molar refractivity (Wildman–Crippen MR) is 136 cm³/mol. The Hall–Kier alpha value is -4.38. The van der Waals surface area contributed by atoms with Gasteiger partial charge in [-0.2, -0.15) is 0 Å². The van der Waals surface area contributed by atoms with Crippen molar-refractivity contribution in [3.05, 3.63) is 120 Å². The summed E-state index contributed by atoms with van der Waals surface area (Å²) in [6, 6.07) is 33.7. The first-order valence-electron chi connectivity index (χ1n) is 11.3. The number of amides is 1. The summed E-state index contributed by atoms with van der Waals surface area (Å²) in [7, 11) is 1.56. The lowest BCUT2D eigenvalue weighted by Crippen LogP contribution is -2.13. The van der Waals surface area contributed by atoms with E-state index in [-0.39, 0.29) is 5.91 Å². The molecule has 0 spiro atoms. The van der Waals surface area contributed by atoms with Crippen LogP contribution < -0.4 is 10.1 Å². The number of nitrogens with one attached hydrogen (secondary N) is 1. The highest BCUT2D eigenvalue weighted by atomic mass is 16.5. The molecule has 0 atom stereocenters. The van der Waals surface area contributed by atoms with Gasteiger partial charge in [-0.15, -0.1) is 0 Å². The van der Waals surface area contributed by atoms with Gasteiger partial charge in [-0.3, -0.25) is 9.36 Å². The van der Waals surface area contributed by atoms with Crippen LogP contribution in [0.3, 0.4) is 0 Å². The summed E-state index contributed by atoms with van der Waals surface area (Å²) in [5.41, 5.74) is 5.65. The van der Waals surface area contributed by atoms with Gasteiger partial charge in [-0.1, -0.05) is 54.6 Å². The predicted octanol–water partition coefficient (Wildman–Crippen LogP) is 6.07. The summed E-state index contributed by atoms with van der Waals surface area (Å²) >= 11 is 0. The van der Waals surface area contributed by atoms with Crippen molar-refractivity contribution in [3.63, 3.8) is 0 Å². The van der Waals surface area contributed by atoms with E-state index in [1.807, 2.05) is 66.7 Å². The minimum atomic E-state index is -0.193. The molecule has 0 saturated carbocycles. The number of benzene rings is 4. The maximum atomic E-state index is 12.6. The zero-order valence-corrected chi connectivity index (χ0v) is 18.9. The number of fused-ring (bicyclic) bond motifs is 1. The molecule has 0 radical (unpaired) electrons. The zero-order valence-electron chi connectivity index (χ0n) is 18.9. The zero-order chi connectivity index (χ0) is 23.3. The Labute approximate surface area is 198 Å². The van der Waals surface area contributed by atoms with E-state index in [0.717, 1.165) is 41.1 Å². The molecule has 0 aliphatic heterocycles. The Balaban J connectivity index is 1.32. The fourth-order valence-corrected chi connectivity index (χ4v) is 4.15. The maximum absolute atomic E-state index is 12.6. The maximum Gasteiger partial charge on any atom is 0.259 e. The Morgan fingerprint density at radius 2 is 1.53 bits per heavy atom. The molecule has 0 aliphatic carbocycles. The van der Waals surface area contributed by atoms with Gasteiger partial charge in [0.05, 0.1) is 23.7 Å². The van der Waals surface area contributed by atoms with Crippen LogP contribution in [0.15, 0.2) is 103 Å². The van der Waals surface area contributed by atoms with Gasteiger partial charge in [0, 0.05) is 17.8 Å². The number of carbonyl (C=O) groups is 1. The third-order valence-corrected chi connectivity index (χ3v) is 5.85. The van der Waals surface area contributed by atoms with Gasteiger partial charge < -0.3 is 10.1 Å². The molecule has 0 saturated heterocycles. The quantitative estimate of drug-likeness (QED) is 0.329. The summed E-state index contributed by atoms with van der Waals surface area (Å²) in [6.45, 7) is 0. The fourth-order valence-electron chi connectivity index (χ4n) is 4.15. The molecular weight excluding hydrogens is 422 g/mol. The number of anilines is 1. The lowest BCUT2D eigenvalue weighted by Gasteiger charge is -2.11. The van der Waals surface area contributed by atoms with Gasteiger partial charge in [-0.25, -0.2) is 4.98 Å². The van der Waals surface area contributed by atoms with Crippen molar-refractivity contribution >= 4 is 22.6 Å². The van der Waals surface area contributed by atoms with E-state index in [9.17, 15) is 4.79 Å². The normalized spacial score (nSPS) is 10.9. The lowest BCUT2D eigenvalue weighted by molar-refractivity contribution is 0.102. The summed E-state index contributed by atoms with van der Waals surface area (Å²) in [6.07, 6.45) is 1.65. The SMILES string of the molecule is COc1ccccc1C(=O)Nc1ccc(CCc2nc3ccccc3n2-c2ccccc2)cc1. The van der Waals surface area contributed by atoms with Crippen LogP contribution in [0, 0.1) is 0 Å². The van der Waals surface area contributed by atoms with Crippen molar-refractivity contribution < 1.29 is 9.53 Å². The number of hydrogen-bond acceptors (Lipinski definition) is 3. The van der Waals surface area contributed by atoms with Gasteiger partial charge in [-0.05, 0) is 60.5 Å². The Morgan fingerprint density at radius 3 is 2.32 bits per heavy atom. The highest BCUT2D eigenvalue weighted by molar-refractivity contribution is 6.06. The molecule has 0 aliphatic rings. The standard InChI is InChI=1S/C29H25N3O2/c1-34-27-14-8-5-11-24(27)29(33)30-22-18-15-21(16-19-22)17-20-28-31-25-12-6-7-13-26(25)32(28)23-9-3-2-4-10-23/h2-16,18-19H,17,20H2,1H3,(H,30,33). The first kappa shape index (κ1) is 21.5. The number of para-hydroxylation sites is 4. The molecular formula is C29H25N3O2. The molecule has 0 bridgehead atoms. The molecule has 168 valence electrons. The van der Waals surface area contributed by atoms with Crippen LogP contribution in [0.4, 0.5) is 5.69 Å². The van der Waals surface area contributed by atoms with Crippen molar-refractivity contribution in [2.75, 3.05) is 12.4 Å². The summed E-state index contributed by atoms with van der Waals surface area (Å²) < 4.78 is 7.53. The average Bonchev–Trinajstić information content (AvgIpc) is 3.27. The van der Waals surface area contributed by atoms with Crippen LogP contribution in [0.2, 0.25) is 0 Å². The number of carbonyl (C=O) groups excluding carboxylic acids is 1. The number of hydrogen-bond donors (Lipinski definition) is 1. The van der Waals surface area contributed by atoms with Crippen molar-refractivity contribution in [1.82, 2.24) is 9.55 Å². The molecule has 5 rings (SSSR count). The smallest absolute Gasteiger partial charge is 0.259 e. The van der Waals surface area contributed by atoms with Gasteiger partial charge in [0.2, 0.25) is 0 Å². The number of aryl methyl sites for hydroxylation is 2. The van der Waals surface area contributed by atoms with E-state index in [4.69, 9.17) is 9.72 Å². The highest BCUT2D eigenvalue weighted by Crippen LogP contribution is 2.23. The van der Waals surface area contributed by atoms with Gasteiger partial charge >= 0.3 is 0 Å². The number of imidazole rings is 1. The fraction of sp³-hybridized carbons (Fsp3) is 0.103. The molecule has 5 aromatic rings. The highest BCUT2D eigenvalue weighted by Gasteiger charge is 2.13. The van der Waals surface area contributed by atoms with E-state index >= 15 is 0 Å². The van der Waals surface area contributed by atoms with E-state index in [1.165, 1.54) is 5.56 Å². The van der Waals surface area contributed by atoms with Crippen LogP contribution in [0.25, 0.3) is 16.7 Å². The lowest BCUT2D eigenvalue weighted by atomic mass is 10.1. The van der Waals surface area contributed by atoms with E-state index in [0.29, 0.717) is 11.3 Å². The van der Waals surface area contributed by atoms with E-state index in [2.05, 4.69) is 34.1 Å². The van der Waals surface area contributed by atoms with Crippen LogP contribution in [-0.2, 0) is 12.8 Å². The number of methoxy groups -OCH3 is 1. The van der Waals surface area contributed by atoms with E-state index in [1.54, 1.807) is 19.2 Å². The van der Waals surface area contributed by atoms with Crippen LogP contribution in [0.5, 0.6) is 5.75 Å². The van der Waals surface area contributed by atoms with Crippen molar-refractivity contribution in [1.29, 1.82) is 0 Å². The van der Waals surface area contributed by atoms with Gasteiger partial charge in [0.25, 0.3) is 5.91 Å². The topological polar surface area (TPSA) is 56.1 Å². The third kappa shape index (κ3) is 4.41. The van der Waals surface area contributed by atoms with Gasteiger partial charge in [0.15, 0.2) is 0 Å². The molecule has 5 nitrogen and oxygen atoms in total. The largest absolute Gasteiger partial charge is 0.496 e. The van der Waals surface area contributed by atoms with Crippen LogP contribution >= 0.6 is 0 Å². The Kier molecular flexibility index (Phi) is 6.08. The molecule has 0 fully saturated rings. The van der Waals surface area contributed by atoms with Crippen LogP contribution in [-0.4, -0.2) is 22.6 Å². The molecule has 5 heteroatoms. The summed E-state index contributed by atoms with van der Waals surface area (Å²) in [4.78, 5) is 17.5. The first-order chi connectivity index (χ1) is 16.7. The third-order valence-electron chi connectivity index (χ3n) is 5.85. The number of aromatic nitrogens is 2. The summed E-state index contributed by atoms with van der Waals surface area (Å²) in [5, 5.41) is 2.95. The van der Waals surface area contributed by atoms with Gasteiger partial charge in [0.1, 0.15) is 11.6 Å². The molecule has 34 heavy (non-hydrogen) atoms. The minimum Gasteiger partial charge on any atom is -0.496 e. The number of nitrogens with zero attached hydrogens (tertiary/aromatic N) is 2. The molecule has 1 aromatic heterocycles. The number of rotatable bonds is 7. The minimum absolute atomic E-state index is 0.193. The Bertz CT molecular complexity index is 1420. The second-order valence-corrected chi connectivity index (χ2v) is 8.04. The average molecular weight is 448 g/mol. The molecule has 0 unspecified atom stereocenters. The van der Waals surface area contributed by atoms with Crippen molar-refractivity contribution in [3.8, 4) is 11.4 Å². The molecule has 1 N–H and O–H groups in total. The molecule has 1 heterocycles. The Morgan fingerprint density at radius 1 is 0.824 bits per heavy atom. The van der Waals surface area contributed by atoms with Crippen molar-refractivity contribution in [2.45, 2.75) is 12.8 Å². The van der Waals surface area contributed by atoms with Crippen molar-refractivity contribution in [2.24, 2.45) is 0 Å². The van der Waals surface area contributed by atoms with Crippen LogP contribution in [0.1, 0.15) is 21.7 Å². The molecule has 4 aromatic carbocycles. The second-order valence-electron chi connectivity index (χ2n) is 8.04. The monoisotopic (exact) mass is 447 g/mol. The first-order valence-corrected chi connectivity index (χ1v) is 11.3. The molecule has 1 amide bonds. The summed E-state index contributed by atoms with van der Waals surface area (Å²) in [5.74, 6) is 1.39. The second kappa shape index (κ2) is 9.63.